The van der Waals surface area contributed by atoms with Gasteiger partial charge in [0, 0.05) is 31.2 Å². The van der Waals surface area contributed by atoms with Gasteiger partial charge in [0.2, 0.25) is 0 Å². The van der Waals surface area contributed by atoms with Gasteiger partial charge in [-0.25, -0.2) is 9.59 Å². The highest BCUT2D eigenvalue weighted by molar-refractivity contribution is 7.47. The van der Waals surface area contributed by atoms with Crippen LogP contribution in [0.4, 0.5) is 21.0 Å². The summed E-state index contributed by atoms with van der Waals surface area (Å²) in [5.74, 6) is 1.52. The van der Waals surface area contributed by atoms with E-state index in [1.54, 1.807) is 24.3 Å². The number of hydrogen-bond acceptors (Lipinski definition) is 9. The Hall–Kier alpha value is -3.60. The Morgan fingerprint density at radius 2 is 1.13 bits per heavy atom. The first kappa shape index (κ1) is 33.4. The lowest BCUT2D eigenvalue weighted by Gasteiger charge is -2.19. The summed E-state index contributed by atoms with van der Waals surface area (Å²) in [5, 5.41) is 5.35. The van der Waals surface area contributed by atoms with Gasteiger partial charge in [0.1, 0.15) is 22.7 Å². The minimum Gasteiger partial charge on any atom is -0.494 e. The lowest BCUT2D eigenvalue weighted by Crippen LogP contribution is -2.33. The van der Waals surface area contributed by atoms with Gasteiger partial charge in [0.15, 0.2) is 0 Å². The van der Waals surface area contributed by atoms with Gasteiger partial charge >= 0.3 is 12.2 Å². The Morgan fingerprint density at radius 3 is 1.49 bits per heavy atom. The number of benzene rings is 2. The third kappa shape index (κ3) is 18.3. The average Bonchev–Trinajstić information content (AvgIpc) is 2.83. The van der Waals surface area contributed by atoms with E-state index in [0.717, 1.165) is 17.2 Å². The van der Waals surface area contributed by atoms with Crippen LogP contribution in [0.15, 0.2) is 52.9 Å². The van der Waals surface area contributed by atoms with Crippen molar-refractivity contribution >= 4 is 36.0 Å². The van der Waals surface area contributed by atoms with Crippen LogP contribution in [-0.4, -0.2) is 49.7 Å². The number of alkyl carbamates (subject to hydrolysis) is 2. The molecule has 0 aromatic heterocycles. The third-order valence-electron chi connectivity index (χ3n) is 4.34. The second-order valence-electron chi connectivity index (χ2n) is 10.4. The molecule has 10 nitrogen and oxygen atoms in total. The number of nitrogens with two attached hydrogens (primary N) is 1. The number of anilines is 1. The van der Waals surface area contributed by atoms with Crippen LogP contribution in [0.5, 0.6) is 11.5 Å². The molecule has 2 aromatic rings. The molecule has 0 saturated heterocycles. The lowest BCUT2D eigenvalue weighted by atomic mass is 10.2. The van der Waals surface area contributed by atoms with Crippen molar-refractivity contribution in [3.63, 3.8) is 0 Å². The summed E-state index contributed by atoms with van der Waals surface area (Å²) in [6, 6.07) is 14.4. The summed E-state index contributed by atoms with van der Waals surface area (Å²) in [6.07, 6.45) is 0.602. The lowest BCUT2D eigenvalue weighted by molar-refractivity contribution is 0.0513. The maximum atomic E-state index is 11.4. The van der Waals surface area contributed by atoms with Crippen molar-refractivity contribution in [2.24, 2.45) is 4.36 Å². The quantitative estimate of drug-likeness (QED) is 0.228. The zero-order valence-corrected chi connectivity index (χ0v) is 24.6. The number of carbonyl (C=O) groups excluding carboxylic acids is 2. The normalized spacial score (nSPS) is 10.8. The molecular weight excluding hydrogens is 520 g/mol. The molecule has 0 unspecified atom stereocenters. The second-order valence-corrected chi connectivity index (χ2v) is 10.6. The van der Waals surface area contributed by atoms with Crippen molar-refractivity contribution in [2.75, 3.05) is 32.0 Å². The predicted octanol–water partition coefficient (Wildman–Crippen LogP) is 5.90. The van der Waals surface area contributed by atoms with E-state index in [4.69, 9.17) is 24.7 Å². The molecule has 0 bridgehead atoms. The molecule has 216 valence electrons. The maximum absolute atomic E-state index is 11.4. The van der Waals surface area contributed by atoms with Crippen LogP contribution in [0.25, 0.3) is 0 Å². The molecule has 0 atom stereocenters. The molecular formula is C28H42N4O6S. The SMILES string of the molecule is CC(C)(C)OC(=O)NCCCOc1ccc(N)cc1.CC(C)(C)OC(=O)NCCCOc1ccc(N=S)cc1. The summed E-state index contributed by atoms with van der Waals surface area (Å²) in [5.41, 5.74) is 6.07. The first-order chi connectivity index (χ1) is 18.3. The number of hydrogen-bond donors (Lipinski definition) is 3. The molecule has 0 aliphatic carbocycles. The van der Waals surface area contributed by atoms with E-state index < -0.39 is 23.4 Å². The minimum atomic E-state index is -0.474. The Morgan fingerprint density at radius 1 is 0.744 bits per heavy atom. The second kappa shape index (κ2) is 17.1. The first-order valence-corrected chi connectivity index (χ1v) is 13.1. The van der Waals surface area contributed by atoms with Crippen LogP contribution >= 0.6 is 0 Å². The van der Waals surface area contributed by atoms with Gasteiger partial charge in [-0.3, -0.25) is 0 Å². The Kier molecular flexibility index (Phi) is 14.6. The highest BCUT2D eigenvalue weighted by Gasteiger charge is 2.16. The molecule has 0 spiro atoms. The van der Waals surface area contributed by atoms with Gasteiger partial charge in [-0.05, 0) is 103 Å². The number of rotatable bonds is 11. The number of amides is 2. The standard InChI is InChI=1S/C14H20N2O3S.C14H22N2O3/c1-14(2,3)19-13(17)15-9-4-10-18-12-7-5-11(16-20)6-8-12;1-14(2,3)19-13(17)16-9-4-10-18-12-7-5-11(15)6-8-12/h5-8H,4,9-10H2,1-3H3,(H,15,17);5-8H,4,9-10,15H2,1-3H3,(H,16,17). The zero-order valence-electron chi connectivity index (χ0n) is 23.7. The van der Waals surface area contributed by atoms with E-state index in [0.29, 0.717) is 44.8 Å². The van der Waals surface area contributed by atoms with Gasteiger partial charge in [-0.1, -0.05) is 0 Å². The van der Waals surface area contributed by atoms with Crippen molar-refractivity contribution in [3.05, 3.63) is 48.5 Å². The van der Waals surface area contributed by atoms with E-state index in [-0.39, 0.29) is 0 Å². The molecule has 0 aliphatic heterocycles. The largest absolute Gasteiger partial charge is 0.494 e. The summed E-state index contributed by atoms with van der Waals surface area (Å²) >= 11 is 4.58. The van der Waals surface area contributed by atoms with Gasteiger partial charge in [-0.15, -0.1) is 0 Å². The van der Waals surface area contributed by atoms with E-state index in [1.807, 2.05) is 65.8 Å². The highest BCUT2D eigenvalue weighted by atomic mass is 32.1. The van der Waals surface area contributed by atoms with Crippen molar-refractivity contribution < 1.29 is 28.5 Å². The van der Waals surface area contributed by atoms with Crippen molar-refractivity contribution in [2.45, 2.75) is 65.6 Å². The summed E-state index contributed by atoms with van der Waals surface area (Å²) in [7, 11) is 0. The molecule has 2 aromatic carbocycles. The molecule has 4 N–H and O–H groups in total. The van der Waals surface area contributed by atoms with Gasteiger partial charge < -0.3 is 35.3 Å². The molecule has 2 amide bonds. The van der Waals surface area contributed by atoms with Crippen molar-refractivity contribution in [1.29, 1.82) is 0 Å². The predicted molar refractivity (Wildman–Crippen MR) is 155 cm³/mol. The molecule has 0 aliphatic rings. The van der Waals surface area contributed by atoms with Crippen LogP contribution in [0, 0.1) is 0 Å². The zero-order chi connectivity index (χ0) is 29.3. The highest BCUT2D eigenvalue weighted by Crippen LogP contribution is 2.17. The van der Waals surface area contributed by atoms with Crippen LogP contribution in [0.3, 0.4) is 0 Å². The van der Waals surface area contributed by atoms with E-state index in [2.05, 4.69) is 27.4 Å². The fourth-order valence-corrected chi connectivity index (χ4v) is 2.82. The molecule has 0 fully saturated rings. The van der Waals surface area contributed by atoms with E-state index in [1.165, 1.54) is 0 Å². The molecule has 0 heterocycles. The maximum Gasteiger partial charge on any atom is 0.407 e. The van der Waals surface area contributed by atoms with E-state index >= 15 is 0 Å². The topological polar surface area (TPSA) is 134 Å². The molecule has 0 radical (unpaired) electrons. The Bertz CT molecular complexity index is 1000. The first-order valence-electron chi connectivity index (χ1n) is 12.8. The van der Waals surface area contributed by atoms with Crippen molar-refractivity contribution in [1.82, 2.24) is 10.6 Å². The molecule has 2 rings (SSSR count). The van der Waals surface area contributed by atoms with Gasteiger partial charge in [0.05, 0.1) is 18.9 Å². The monoisotopic (exact) mass is 562 g/mol. The number of ether oxygens (including phenoxy) is 4. The third-order valence-corrected chi connectivity index (χ3v) is 4.55. The fourth-order valence-electron chi connectivity index (χ4n) is 2.70. The summed E-state index contributed by atoms with van der Waals surface area (Å²) in [6.45, 7) is 13.0. The number of nitrogen functional groups attached to an aromatic ring is 1. The summed E-state index contributed by atoms with van der Waals surface area (Å²) < 4.78 is 24.9. The molecule has 39 heavy (non-hydrogen) atoms. The number of carbonyl (C=O) groups is 2. The number of nitrogens with zero attached hydrogens (tertiary/aromatic N) is 1. The van der Waals surface area contributed by atoms with Crippen LogP contribution in [0.2, 0.25) is 0 Å². The van der Waals surface area contributed by atoms with E-state index in [9.17, 15) is 9.59 Å². The molecule has 11 heteroatoms. The van der Waals surface area contributed by atoms with Crippen LogP contribution in [0.1, 0.15) is 54.4 Å². The van der Waals surface area contributed by atoms with Crippen molar-refractivity contribution in [3.8, 4) is 11.5 Å². The molecule has 0 saturated carbocycles. The summed E-state index contributed by atoms with van der Waals surface area (Å²) in [4.78, 5) is 22.7. The minimum absolute atomic E-state index is 0.403. The fraction of sp³-hybridized carbons (Fsp3) is 0.500. The van der Waals surface area contributed by atoms with Gasteiger partial charge in [0.25, 0.3) is 0 Å². The van der Waals surface area contributed by atoms with Crippen LogP contribution < -0.4 is 25.8 Å². The average molecular weight is 563 g/mol. The Labute approximate surface area is 237 Å². The number of nitrogens with one attached hydrogen (secondary N) is 2. The van der Waals surface area contributed by atoms with Gasteiger partial charge in [-0.2, -0.15) is 4.36 Å². The smallest absolute Gasteiger partial charge is 0.407 e. The Balaban J connectivity index is 0.000000391. The van der Waals surface area contributed by atoms with Crippen LogP contribution in [-0.2, 0) is 21.9 Å².